The number of aryl methyl sites for hydroxylation is 2. The molecular formula is C15H23N3O4. The Morgan fingerprint density at radius 3 is 2.68 bits per heavy atom. The van der Waals surface area contributed by atoms with E-state index in [2.05, 4.69) is 5.10 Å². The maximum Gasteiger partial charge on any atom is 0.314 e. The lowest BCUT2D eigenvalue weighted by atomic mass is 9.74. The molecule has 1 saturated heterocycles. The number of nitrogens with zero attached hydrogens (tertiary/aromatic N) is 3. The van der Waals surface area contributed by atoms with Crippen LogP contribution < -0.4 is 0 Å². The number of carbonyl (C=O) groups excluding carboxylic acids is 1. The van der Waals surface area contributed by atoms with Crippen molar-refractivity contribution >= 4 is 11.9 Å². The van der Waals surface area contributed by atoms with Crippen LogP contribution in [0.4, 0.5) is 0 Å². The Morgan fingerprint density at radius 1 is 1.50 bits per heavy atom. The number of hydrogen-bond donors (Lipinski definition) is 2. The number of hydrogen-bond acceptors (Lipinski definition) is 4. The van der Waals surface area contributed by atoms with Gasteiger partial charge >= 0.3 is 5.97 Å². The molecule has 2 heterocycles. The molecule has 122 valence electrons. The fourth-order valence-corrected chi connectivity index (χ4v) is 3.09. The highest BCUT2D eigenvalue weighted by Crippen LogP contribution is 2.36. The fourth-order valence-electron chi connectivity index (χ4n) is 3.09. The smallest absolute Gasteiger partial charge is 0.314 e. The first-order valence-corrected chi connectivity index (χ1v) is 7.53. The first kappa shape index (κ1) is 16.5. The largest absolute Gasteiger partial charge is 0.481 e. The van der Waals surface area contributed by atoms with Gasteiger partial charge in [-0.25, -0.2) is 0 Å². The number of carbonyl (C=O) groups is 2. The standard InChI is InChI=1S/C15H23N3O4/c1-4-6-15(14(21)22)9-18(7-5-12(15)19)13(20)11-8-10(2)17(3)16-11/h8,12,19H,4-7,9H2,1-3H3,(H,21,22)/t12-,15-/m1/s1. The summed E-state index contributed by atoms with van der Waals surface area (Å²) in [6, 6.07) is 1.69. The monoisotopic (exact) mass is 309 g/mol. The Labute approximate surface area is 129 Å². The second-order valence-corrected chi connectivity index (χ2v) is 6.04. The first-order chi connectivity index (χ1) is 10.3. The van der Waals surface area contributed by atoms with E-state index in [0.717, 1.165) is 5.69 Å². The molecule has 1 aliphatic heterocycles. The van der Waals surface area contributed by atoms with Gasteiger partial charge in [0.25, 0.3) is 5.91 Å². The van der Waals surface area contributed by atoms with Gasteiger partial charge in [-0.3, -0.25) is 14.3 Å². The van der Waals surface area contributed by atoms with Crippen molar-refractivity contribution in [3.8, 4) is 0 Å². The molecule has 7 nitrogen and oxygen atoms in total. The summed E-state index contributed by atoms with van der Waals surface area (Å²) in [5, 5.41) is 24.0. The topological polar surface area (TPSA) is 95.7 Å². The number of aliphatic carboxylic acids is 1. The van der Waals surface area contributed by atoms with Crippen LogP contribution in [0.5, 0.6) is 0 Å². The Kier molecular flexibility index (Phi) is 4.55. The van der Waals surface area contributed by atoms with Crippen molar-refractivity contribution in [2.24, 2.45) is 12.5 Å². The summed E-state index contributed by atoms with van der Waals surface area (Å²) in [6.07, 6.45) is 0.311. The number of aromatic nitrogens is 2. The van der Waals surface area contributed by atoms with Crippen molar-refractivity contribution in [3.05, 3.63) is 17.5 Å². The molecule has 0 radical (unpaired) electrons. The van der Waals surface area contributed by atoms with Crippen molar-refractivity contribution in [2.45, 2.75) is 39.2 Å². The molecule has 0 saturated carbocycles. The number of piperidine rings is 1. The summed E-state index contributed by atoms with van der Waals surface area (Å²) >= 11 is 0. The highest BCUT2D eigenvalue weighted by Gasteiger charge is 2.49. The van der Waals surface area contributed by atoms with E-state index in [1.807, 2.05) is 13.8 Å². The van der Waals surface area contributed by atoms with Gasteiger partial charge in [0.1, 0.15) is 5.41 Å². The quantitative estimate of drug-likeness (QED) is 0.858. The summed E-state index contributed by atoms with van der Waals surface area (Å²) < 4.78 is 1.61. The molecule has 1 aliphatic rings. The zero-order valence-electron chi connectivity index (χ0n) is 13.2. The van der Waals surface area contributed by atoms with E-state index in [9.17, 15) is 19.8 Å². The molecule has 2 N–H and O–H groups in total. The summed E-state index contributed by atoms with van der Waals surface area (Å²) in [4.78, 5) is 25.8. The van der Waals surface area contributed by atoms with Crippen molar-refractivity contribution in [1.82, 2.24) is 14.7 Å². The normalized spacial score (nSPS) is 25.3. The Bertz CT molecular complexity index is 564. The average molecular weight is 309 g/mol. The molecule has 0 bridgehead atoms. The van der Waals surface area contributed by atoms with Gasteiger partial charge in [0, 0.05) is 25.8 Å². The molecule has 1 aromatic heterocycles. The van der Waals surface area contributed by atoms with Crippen LogP contribution in [0.3, 0.4) is 0 Å². The minimum atomic E-state index is -1.29. The van der Waals surface area contributed by atoms with Crippen LogP contribution in [0, 0.1) is 12.3 Å². The number of rotatable bonds is 4. The predicted molar refractivity (Wildman–Crippen MR) is 79.4 cm³/mol. The van der Waals surface area contributed by atoms with Crippen LogP contribution in [-0.4, -0.2) is 56.0 Å². The highest BCUT2D eigenvalue weighted by atomic mass is 16.4. The van der Waals surface area contributed by atoms with Gasteiger partial charge in [-0.2, -0.15) is 5.10 Å². The Morgan fingerprint density at radius 2 is 2.18 bits per heavy atom. The van der Waals surface area contributed by atoms with Gasteiger partial charge in [-0.15, -0.1) is 0 Å². The first-order valence-electron chi connectivity index (χ1n) is 7.53. The molecule has 1 aromatic rings. The van der Waals surface area contributed by atoms with E-state index < -0.39 is 17.5 Å². The maximum atomic E-state index is 12.6. The van der Waals surface area contributed by atoms with Crippen LogP contribution in [0.1, 0.15) is 42.4 Å². The van der Waals surface area contributed by atoms with Gasteiger partial charge in [-0.05, 0) is 25.8 Å². The van der Waals surface area contributed by atoms with Crippen molar-refractivity contribution in [3.63, 3.8) is 0 Å². The molecule has 0 unspecified atom stereocenters. The van der Waals surface area contributed by atoms with E-state index in [-0.39, 0.29) is 18.9 Å². The molecule has 2 rings (SSSR count). The SMILES string of the molecule is CCC[C@@]1(C(=O)O)CN(C(=O)c2cc(C)n(C)n2)CC[C@H]1O. The van der Waals surface area contributed by atoms with Crippen LogP contribution in [-0.2, 0) is 11.8 Å². The molecule has 1 amide bonds. The van der Waals surface area contributed by atoms with E-state index in [4.69, 9.17) is 0 Å². The molecule has 2 atom stereocenters. The van der Waals surface area contributed by atoms with Crippen LogP contribution in [0.15, 0.2) is 6.07 Å². The summed E-state index contributed by atoms with van der Waals surface area (Å²) in [7, 11) is 1.75. The third kappa shape index (κ3) is 2.72. The van der Waals surface area contributed by atoms with Gasteiger partial charge in [-0.1, -0.05) is 13.3 Å². The number of aliphatic hydroxyl groups is 1. The van der Waals surface area contributed by atoms with Crippen LogP contribution in [0.25, 0.3) is 0 Å². The fraction of sp³-hybridized carbons (Fsp3) is 0.667. The number of likely N-dealkylation sites (tertiary alicyclic amines) is 1. The zero-order valence-corrected chi connectivity index (χ0v) is 13.2. The van der Waals surface area contributed by atoms with Crippen LogP contribution >= 0.6 is 0 Å². The van der Waals surface area contributed by atoms with Gasteiger partial charge < -0.3 is 15.1 Å². The van der Waals surface area contributed by atoms with Crippen molar-refractivity contribution < 1.29 is 19.8 Å². The summed E-state index contributed by atoms with van der Waals surface area (Å²) in [5.74, 6) is -1.33. The minimum absolute atomic E-state index is 0.0196. The molecule has 22 heavy (non-hydrogen) atoms. The van der Waals surface area contributed by atoms with E-state index in [1.54, 1.807) is 17.8 Å². The lowest BCUT2D eigenvalue weighted by Crippen LogP contribution is -2.57. The van der Waals surface area contributed by atoms with Gasteiger partial charge in [0.05, 0.1) is 6.10 Å². The second kappa shape index (κ2) is 6.08. The van der Waals surface area contributed by atoms with Crippen molar-refractivity contribution in [2.75, 3.05) is 13.1 Å². The summed E-state index contributed by atoms with van der Waals surface area (Å²) in [6.45, 7) is 4.09. The number of amides is 1. The molecule has 1 fully saturated rings. The predicted octanol–water partition coefficient (Wildman–Crippen LogP) is 0.806. The third-order valence-electron chi connectivity index (χ3n) is 4.53. The molecular weight excluding hydrogens is 286 g/mol. The zero-order chi connectivity index (χ0) is 16.5. The minimum Gasteiger partial charge on any atom is -0.481 e. The van der Waals surface area contributed by atoms with Gasteiger partial charge in [0.15, 0.2) is 5.69 Å². The Hall–Kier alpha value is -1.89. The highest BCUT2D eigenvalue weighted by molar-refractivity contribution is 5.93. The number of carboxylic acids is 1. The van der Waals surface area contributed by atoms with Gasteiger partial charge in [0.2, 0.25) is 0 Å². The second-order valence-electron chi connectivity index (χ2n) is 6.04. The lowest BCUT2D eigenvalue weighted by molar-refractivity contribution is -0.162. The molecule has 0 spiro atoms. The number of carboxylic acid groups (broad SMARTS) is 1. The summed E-state index contributed by atoms with van der Waals surface area (Å²) in [5.41, 5.74) is -0.113. The third-order valence-corrected chi connectivity index (χ3v) is 4.53. The molecule has 7 heteroatoms. The molecule has 0 aromatic carbocycles. The van der Waals surface area contributed by atoms with E-state index in [1.165, 1.54) is 4.90 Å². The molecule has 0 aliphatic carbocycles. The number of aliphatic hydroxyl groups excluding tert-OH is 1. The Balaban J connectivity index is 2.26. The average Bonchev–Trinajstić information content (AvgIpc) is 2.80. The lowest BCUT2D eigenvalue weighted by Gasteiger charge is -2.43. The van der Waals surface area contributed by atoms with E-state index >= 15 is 0 Å². The van der Waals surface area contributed by atoms with Crippen LogP contribution in [0.2, 0.25) is 0 Å². The van der Waals surface area contributed by atoms with Crippen molar-refractivity contribution in [1.29, 1.82) is 0 Å². The maximum absolute atomic E-state index is 12.6. The van der Waals surface area contributed by atoms with E-state index in [0.29, 0.717) is 25.1 Å².